The largest absolute Gasteiger partial charge is 0.453 e. The molecule has 0 radical (unpaired) electrons. The second-order valence-corrected chi connectivity index (χ2v) is 3.90. The quantitative estimate of drug-likeness (QED) is 0.820. The van der Waals surface area contributed by atoms with Crippen molar-refractivity contribution in [2.75, 3.05) is 7.11 Å². The molecule has 4 nitrogen and oxygen atoms in total. The van der Waals surface area contributed by atoms with Gasteiger partial charge in [0.1, 0.15) is 0 Å². The van der Waals surface area contributed by atoms with Crippen LogP contribution in [0.15, 0.2) is 0 Å². The van der Waals surface area contributed by atoms with E-state index in [1.54, 1.807) is 13.8 Å². The van der Waals surface area contributed by atoms with Crippen molar-refractivity contribution >= 4 is 11.9 Å². The predicted octanol–water partition coefficient (Wildman–Crippen LogP) is 2.28. The van der Waals surface area contributed by atoms with E-state index in [1.165, 1.54) is 0 Å². The van der Waals surface area contributed by atoms with Crippen molar-refractivity contribution in [1.82, 2.24) is 5.32 Å². The first-order chi connectivity index (χ1) is 7.67. The maximum atomic E-state index is 12.0. The Morgan fingerprint density at radius 3 is 2.18 bits per heavy atom. The monoisotopic (exact) mass is 255 g/mol. The molecular weight excluding hydrogens is 239 g/mol. The number of methoxy groups -OCH3 is 1. The average molecular weight is 255 g/mol. The molecule has 1 amide bonds. The molecule has 0 aromatic rings. The van der Waals surface area contributed by atoms with E-state index in [2.05, 4.69) is 10.1 Å². The smallest absolute Gasteiger partial charge is 0.407 e. The van der Waals surface area contributed by atoms with Crippen LogP contribution in [0.25, 0.3) is 0 Å². The summed E-state index contributed by atoms with van der Waals surface area (Å²) in [5, 5.41) is 2.11. The van der Waals surface area contributed by atoms with Crippen LogP contribution in [-0.2, 0) is 9.53 Å². The Kier molecular flexibility index (Phi) is 5.98. The second-order valence-electron chi connectivity index (χ2n) is 3.90. The molecule has 1 atom stereocenters. The highest BCUT2D eigenvalue weighted by molar-refractivity contribution is 5.88. The van der Waals surface area contributed by atoms with Crippen molar-refractivity contribution < 1.29 is 27.5 Å². The predicted molar refractivity (Wildman–Crippen MR) is 54.5 cm³/mol. The standard InChI is InChI=1S/C10H16F3NO3/c1-6(2)8(15)7(14-9(16)17-3)4-5-10(11,12)13/h6-7H,4-5H2,1-3H3,(H,14,16). The summed E-state index contributed by atoms with van der Waals surface area (Å²) in [6.45, 7) is 3.11. The van der Waals surface area contributed by atoms with Gasteiger partial charge in [-0.25, -0.2) is 4.79 Å². The van der Waals surface area contributed by atoms with Gasteiger partial charge < -0.3 is 10.1 Å². The summed E-state index contributed by atoms with van der Waals surface area (Å²) in [5.74, 6) is -0.898. The lowest BCUT2D eigenvalue weighted by molar-refractivity contribution is -0.139. The first-order valence-electron chi connectivity index (χ1n) is 5.12. The Labute approximate surface area is 97.5 Å². The molecule has 0 aliphatic heterocycles. The van der Waals surface area contributed by atoms with E-state index < -0.39 is 42.9 Å². The van der Waals surface area contributed by atoms with Crippen LogP contribution in [0, 0.1) is 5.92 Å². The molecule has 0 aromatic carbocycles. The highest BCUT2D eigenvalue weighted by atomic mass is 19.4. The van der Waals surface area contributed by atoms with Gasteiger partial charge in [-0.2, -0.15) is 13.2 Å². The van der Waals surface area contributed by atoms with E-state index in [0.717, 1.165) is 7.11 Å². The van der Waals surface area contributed by atoms with Crippen LogP contribution in [0.5, 0.6) is 0 Å². The van der Waals surface area contributed by atoms with E-state index in [-0.39, 0.29) is 0 Å². The highest BCUT2D eigenvalue weighted by Gasteiger charge is 2.31. The minimum Gasteiger partial charge on any atom is -0.453 e. The zero-order valence-electron chi connectivity index (χ0n) is 9.93. The fourth-order valence-electron chi connectivity index (χ4n) is 1.20. The lowest BCUT2D eigenvalue weighted by Crippen LogP contribution is -2.43. The van der Waals surface area contributed by atoms with Crippen LogP contribution in [-0.4, -0.2) is 31.2 Å². The molecule has 0 aromatic heterocycles. The molecule has 0 aliphatic carbocycles. The number of carbonyl (C=O) groups excluding carboxylic acids is 2. The Morgan fingerprint density at radius 1 is 1.29 bits per heavy atom. The molecule has 0 aliphatic rings. The summed E-state index contributed by atoms with van der Waals surface area (Å²) in [5.41, 5.74) is 0. The molecule has 0 spiro atoms. The minimum absolute atomic E-state index is 0.445. The fourth-order valence-corrected chi connectivity index (χ4v) is 1.20. The number of carbonyl (C=O) groups is 2. The van der Waals surface area contributed by atoms with Gasteiger partial charge in [0.2, 0.25) is 0 Å². The van der Waals surface area contributed by atoms with Gasteiger partial charge in [-0.15, -0.1) is 0 Å². The van der Waals surface area contributed by atoms with Gasteiger partial charge in [0, 0.05) is 12.3 Å². The molecule has 0 fully saturated rings. The van der Waals surface area contributed by atoms with Gasteiger partial charge in [-0.3, -0.25) is 4.79 Å². The topological polar surface area (TPSA) is 55.4 Å². The van der Waals surface area contributed by atoms with E-state index in [0.29, 0.717) is 0 Å². The van der Waals surface area contributed by atoms with E-state index >= 15 is 0 Å². The summed E-state index contributed by atoms with van der Waals surface area (Å²) >= 11 is 0. The van der Waals surface area contributed by atoms with Crippen molar-refractivity contribution in [3.8, 4) is 0 Å². The third-order valence-electron chi connectivity index (χ3n) is 2.11. The number of ketones is 1. The van der Waals surface area contributed by atoms with Crippen molar-refractivity contribution in [3.05, 3.63) is 0 Å². The van der Waals surface area contributed by atoms with Crippen LogP contribution in [0.4, 0.5) is 18.0 Å². The SMILES string of the molecule is COC(=O)NC(CCC(F)(F)F)C(=O)C(C)C. The van der Waals surface area contributed by atoms with Crippen molar-refractivity contribution in [2.24, 2.45) is 5.92 Å². The number of rotatable bonds is 5. The number of halogens is 3. The third kappa shape index (κ3) is 6.80. The molecule has 0 saturated carbocycles. The highest BCUT2D eigenvalue weighted by Crippen LogP contribution is 2.23. The van der Waals surface area contributed by atoms with Crippen LogP contribution < -0.4 is 5.32 Å². The van der Waals surface area contributed by atoms with Gasteiger partial charge in [0.25, 0.3) is 0 Å². The fraction of sp³-hybridized carbons (Fsp3) is 0.800. The molecule has 0 bridgehead atoms. The lowest BCUT2D eigenvalue weighted by atomic mass is 9.98. The zero-order chi connectivity index (χ0) is 13.6. The molecular formula is C10H16F3NO3. The number of ether oxygens (including phenoxy) is 1. The maximum Gasteiger partial charge on any atom is 0.407 e. The van der Waals surface area contributed by atoms with Gasteiger partial charge in [-0.1, -0.05) is 13.8 Å². The molecule has 100 valence electrons. The lowest BCUT2D eigenvalue weighted by Gasteiger charge is -2.19. The zero-order valence-corrected chi connectivity index (χ0v) is 9.93. The first kappa shape index (κ1) is 15.7. The minimum atomic E-state index is -4.35. The summed E-state index contributed by atoms with van der Waals surface area (Å²) in [4.78, 5) is 22.5. The van der Waals surface area contributed by atoms with Crippen LogP contribution >= 0.6 is 0 Å². The number of alkyl carbamates (subject to hydrolysis) is 1. The third-order valence-corrected chi connectivity index (χ3v) is 2.11. The van der Waals surface area contributed by atoms with Gasteiger partial charge in [-0.05, 0) is 6.42 Å². The van der Waals surface area contributed by atoms with Crippen LogP contribution in [0.2, 0.25) is 0 Å². The Bertz CT molecular complexity index is 276. The Morgan fingerprint density at radius 2 is 1.82 bits per heavy atom. The molecule has 0 rings (SSSR count). The number of amides is 1. The Balaban J connectivity index is 4.51. The maximum absolute atomic E-state index is 12.0. The summed E-state index contributed by atoms with van der Waals surface area (Å²) in [7, 11) is 1.08. The van der Waals surface area contributed by atoms with Crippen molar-refractivity contribution in [3.63, 3.8) is 0 Å². The summed E-state index contributed by atoms with van der Waals surface area (Å²) in [6, 6.07) is -1.16. The Hall–Kier alpha value is -1.27. The van der Waals surface area contributed by atoms with Crippen LogP contribution in [0.1, 0.15) is 26.7 Å². The van der Waals surface area contributed by atoms with Crippen LogP contribution in [0.3, 0.4) is 0 Å². The first-order valence-corrected chi connectivity index (χ1v) is 5.12. The molecule has 1 N–H and O–H groups in total. The van der Waals surface area contributed by atoms with Gasteiger partial charge in [0.05, 0.1) is 13.2 Å². The number of hydrogen-bond acceptors (Lipinski definition) is 3. The van der Waals surface area contributed by atoms with Crippen molar-refractivity contribution in [2.45, 2.75) is 38.9 Å². The number of alkyl halides is 3. The summed E-state index contributed by atoms with van der Waals surface area (Å²) in [6.07, 6.45) is -6.87. The second kappa shape index (κ2) is 6.46. The number of Topliss-reactive ketones (excluding diaryl/α,β-unsaturated/α-hetero) is 1. The molecule has 7 heteroatoms. The average Bonchev–Trinajstić information content (AvgIpc) is 2.21. The summed E-state index contributed by atoms with van der Waals surface area (Å²) < 4.78 is 40.4. The normalized spacial score (nSPS) is 13.4. The van der Waals surface area contributed by atoms with Crippen molar-refractivity contribution in [1.29, 1.82) is 0 Å². The van der Waals surface area contributed by atoms with E-state index in [4.69, 9.17) is 0 Å². The number of hydrogen-bond donors (Lipinski definition) is 1. The molecule has 17 heavy (non-hydrogen) atoms. The van der Waals surface area contributed by atoms with Gasteiger partial charge >= 0.3 is 12.3 Å². The van der Waals surface area contributed by atoms with Gasteiger partial charge in [0.15, 0.2) is 5.78 Å². The number of nitrogens with one attached hydrogen (secondary N) is 1. The molecule has 0 heterocycles. The van der Waals surface area contributed by atoms with E-state index in [1.807, 2.05) is 0 Å². The molecule has 0 saturated heterocycles. The van der Waals surface area contributed by atoms with E-state index in [9.17, 15) is 22.8 Å². The molecule has 1 unspecified atom stereocenters.